The maximum atomic E-state index is 11.6. The van der Waals surface area contributed by atoms with Gasteiger partial charge < -0.3 is 15.8 Å². The van der Waals surface area contributed by atoms with Gasteiger partial charge in [-0.25, -0.2) is 0 Å². The lowest BCUT2D eigenvalue weighted by Gasteiger charge is -2.34. The van der Waals surface area contributed by atoms with Gasteiger partial charge in [0.25, 0.3) is 0 Å². The van der Waals surface area contributed by atoms with Gasteiger partial charge in [0, 0.05) is 38.6 Å². The number of hydrogen-bond donors (Lipinski definition) is 2. The maximum Gasteiger partial charge on any atom is 0.224 e. The molecule has 1 amide bonds. The van der Waals surface area contributed by atoms with Gasteiger partial charge in [-0.2, -0.15) is 0 Å². The van der Waals surface area contributed by atoms with Gasteiger partial charge in [-0.15, -0.1) is 24.8 Å². The summed E-state index contributed by atoms with van der Waals surface area (Å²) in [6, 6.07) is 0. The van der Waals surface area contributed by atoms with Crippen LogP contribution in [0.15, 0.2) is 0 Å². The SMILES string of the molecule is CC(C)CN1CCOC(CNC(=O)C(C)CN)C1.Cl.Cl. The van der Waals surface area contributed by atoms with Crippen LogP contribution >= 0.6 is 24.8 Å². The monoisotopic (exact) mass is 329 g/mol. The molecule has 1 aliphatic rings. The van der Waals surface area contributed by atoms with E-state index in [0.29, 0.717) is 19.0 Å². The number of nitrogens with one attached hydrogen (secondary N) is 1. The van der Waals surface area contributed by atoms with Crippen molar-refractivity contribution in [2.24, 2.45) is 17.6 Å². The quantitative estimate of drug-likeness (QED) is 0.759. The summed E-state index contributed by atoms with van der Waals surface area (Å²) in [5.74, 6) is 0.554. The van der Waals surface area contributed by atoms with E-state index in [4.69, 9.17) is 10.5 Å². The van der Waals surface area contributed by atoms with E-state index in [0.717, 1.165) is 26.2 Å². The topological polar surface area (TPSA) is 67.6 Å². The van der Waals surface area contributed by atoms with E-state index in [1.807, 2.05) is 6.92 Å². The Morgan fingerprint density at radius 3 is 2.60 bits per heavy atom. The van der Waals surface area contributed by atoms with Crippen LogP contribution in [0.1, 0.15) is 20.8 Å². The third-order valence-corrected chi connectivity index (χ3v) is 3.15. The molecular weight excluding hydrogens is 301 g/mol. The van der Waals surface area contributed by atoms with E-state index in [2.05, 4.69) is 24.1 Å². The summed E-state index contributed by atoms with van der Waals surface area (Å²) in [6.07, 6.45) is 0.103. The van der Waals surface area contributed by atoms with Crippen molar-refractivity contribution in [1.29, 1.82) is 0 Å². The molecule has 0 aromatic heterocycles. The minimum atomic E-state index is -0.125. The highest BCUT2D eigenvalue weighted by Gasteiger charge is 2.22. The lowest BCUT2D eigenvalue weighted by atomic mass is 10.1. The molecule has 20 heavy (non-hydrogen) atoms. The van der Waals surface area contributed by atoms with Crippen LogP contribution in [-0.4, -0.2) is 56.2 Å². The Labute approximate surface area is 134 Å². The molecule has 1 heterocycles. The predicted molar refractivity (Wildman–Crippen MR) is 86.7 cm³/mol. The first-order chi connectivity index (χ1) is 8.52. The fourth-order valence-electron chi connectivity index (χ4n) is 2.08. The number of carbonyl (C=O) groups is 1. The van der Waals surface area contributed by atoms with E-state index < -0.39 is 0 Å². The lowest BCUT2D eigenvalue weighted by molar-refractivity contribution is -0.125. The number of hydrogen-bond acceptors (Lipinski definition) is 4. The summed E-state index contributed by atoms with van der Waals surface area (Å²) in [6.45, 7) is 11.0. The van der Waals surface area contributed by atoms with Gasteiger partial charge in [-0.1, -0.05) is 20.8 Å². The molecule has 0 aliphatic carbocycles. The Morgan fingerprint density at radius 2 is 2.05 bits per heavy atom. The van der Waals surface area contributed by atoms with Crippen molar-refractivity contribution in [3.05, 3.63) is 0 Å². The van der Waals surface area contributed by atoms with Crippen LogP contribution in [-0.2, 0) is 9.53 Å². The molecule has 2 unspecified atom stereocenters. The molecule has 0 aromatic carbocycles. The van der Waals surface area contributed by atoms with Gasteiger partial charge in [0.2, 0.25) is 5.91 Å². The second-order valence-electron chi connectivity index (χ2n) is 5.53. The molecule has 3 N–H and O–H groups in total. The highest BCUT2D eigenvalue weighted by molar-refractivity contribution is 5.85. The smallest absolute Gasteiger partial charge is 0.224 e. The Bertz CT molecular complexity index is 268. The Hall–Kier alpha value is -0.0700. The number of carbonyl (C=O) groups excluding carboxylic acids is 1. The predicted octanol–water partition coefficient (Wildman–Crippen LogP) is 0.898. The number of nitrogens with two attached hydrogens (primary N) is 1. The van der Waals surface area contributed by atoms with Gasteiger partial charge >= 0.3 is 0 Å². The van der Waals surface area contributed by atoms with Crippen molar-refractivity contribution >= 4 is 30.7 Å². The first-order valence-corrected chi connectivity index (χ1v) is 6.84. The normalized spacial score (nSPS) is 20.8. The summed E-state index contributed by atoms with van der Waals surface area (Å²) in [5.41, 5.74) is 5.46. The summed E-state index contributed by atoms with van der Waals surface area (Å²) in [5, 5.41) is 2.91. The molecule has 1 aliphatic heterocycles. The second-order valence-corrected chi connectivity index (χ2v) is 5.53. The number of rotatable bonds is 6. The van der Waals surface area contributed by atoms with Gasteiger partial charge in [-0.3, -0.25) is 9.69 Å². The molecule has 2 atom stereocenters. The van der Waals surface area contributed by atoms with Crippen LogP contribution in [0, 0.1) is 11.8 Å². The zero-order chi connectivity index (χ0) is 13.5. The van der Waals surface area contributed by atoms with Crippen molar-refractivity contribution in [2.45, 2.75) is 26.9 Å². The van der Waals surface area contributed by atoms with Gasteiger partial charge in [0.05, 0.1) is 12.7 Å². The Morgan fingerprint density at radius 1 is 1.40 bits per heavy atom. The van der Waals surface area contributed by atoms with Crippen molar-refractivity contribution in [3.8, 4) is 0 Å². The van der Waals surface area contributed by atoms with Crippen molar-refractivity contribution < 1.29 is 9.53 Å². The first-order valence-electron chi connectivity index (χ1n) is 6.84. The van der Waals surface area contributed by atoms with Crippen molar-refractivity contribution in [3.63, 3.8) is 0 Å². The number of nitrogens with zero attached hydrogens (tertiary/aromatic N) is 1. The van der Waals surface area contributed by atoms with Gasteiger partial charge in [-0.05, 0) is 5.92 Å². The maximum absolute atomic E-state index is 11.6. The highest BCUT2D eigenvalue weighted by atomic mass is 35.5. The molecular formula is C13H29Cl2N3O2. The van der Waals surface area contributed by atoms with Gasteiger partial charge in [0.1, 0.15) is 0 Å². The van der Waals surface area contributed by atoms with E-state index in [1.165, 1.54) is 0 Å². The third-order valence-electron chi connectivity index (χ3n) is 3.15. The second kappa shape index (κ2) is 11.6. The summed E-state index contributed by atoms with van der Waals surface area (Å²) >= 11 is 0. The molecule has 0 radical (unpaired) electrons. The van der Waals surface area contributed by atoms with Crippen LogP contribution in [0.2, 0.25) is 0 Å². The Balaban J connectivity index is 0. The van der Waals surface area contributed by atoms with Gasteiger partial charge in [0.15, 0.2) is 0 Å². The van der Waals surface area contributed by atoms with E-state index in [1.54, 1.807) is 0 Å². The fourth-order valence-corrected chi connectivity index (χ4v) is 2.08. The molecule has 0 spiro atoms. The summed E-state index contributed by atoms with van der Waals surface area (Å²) < 4.78 is 5.67. The molecule has 7 heteroatoms. The van der Waals surface area contributed by atoms with Crippen LogP contribution in [0.4, 0.5) is 0 Å². The number of halogens is 2. The lowest BCUT2D eigenvalue weighted by Crippen LogP contribution is -2.49. The molecule has 122 valence electrons. The first kappa shape index (κ1) is 22.2. The number of ether oxygens (including phenoxy) is 1. The average Bonchev–Trinajstić information content (AvgIpc) is 2.34. The van der Waals surface area contributed by atoms with E-state index in [-0.39, 0.29) is 42.7 Å². The van der Waals surface area contributed by atoms with Crippen molar-refractivity contribution in [2.75, 3.05) is 39.3 Å². The minimum Gasteiger partial charge on any atom is -0.374 e. The zero-order valence-electron chi connectivity index (χ0n) is 12.6. The van der Waals surface area contributed by atoms with E-state index >= 15 is 0 Å². The largest absolute Gasteiger partial charge is 0.374 e. The average molecular weight is 330 g/mol. The molecule has 0 aromatic rings. The molecule has 0 bridgehead atoms. The van der Waals surface area contributed by atoms with Crippen LogP contribution < -0.4 is 11.1 Å². The van der Waals surface area contributed by atoms with Crippen LogP contribution in [0.25, 0.3) is 0 Å². The number of amides is 1. The van der Waals surface area contributed by atoms with Crippen molar-refractivity contribution in [1.82, 2.24) is 10.2 Å². The summed E-state index contributed by atoms with van der Waals surface area (Å²) in [4.78, 5) is 14.0. The van der Waals surface area contributed by atoms with Crippen LogP contribution in [0.5, 0.6) is 0 Å². The van der Waals surface area contributed by atoms with E-state index in [9.17, 15) is 4.79 Å². The highest BCUT2D eigenvalue weighted by Crippen LogP contribution is 2.07. The molecule has 1 rings (SSSR count). The molecule has 1 saturated heterocycles. The fraction of sp³-hybridized carbons (Fsp3) is 0.923. The molecule has 5 nitrogen and oxygen atoms in total. The standard InChI is InChI=1S/C13H27N3O2.2ClH/c1-10(2)8-16-4-5-18-12(9-16)7-15-13(17)11(3)6-14;;/h10-12H,4-9,14H2,1-3H3,(H,15,17);2*1H. The number of morpholine rings is 1. The molecule has 1 fully saturated rings. The minimum absolute atomic E-state index is 0. The van der Waals surface area contributed by atoms with Crippen LogP contribution in [0.3, 0.4) is 0 Å². The summed E-state index contributed by atoms with van der Waals surface area (Å²) in [7, 11) is 0. The third kappa shape index (κ3) is 8.27. The Kier molecular flexibility index (Phi) is 12.9. The zero-order valence-corrected chi connectivity index (χ0v) is 14.3. The molecule has 0 saturated carbocycles.